The molecule has 0 saturated carbocycles. The number of hydrazone groups is 1. The van der Waals surface area contributed by atoms with E-state index in [-0.39, 0.29) is 17.4 Å². The topological polar surface area (TPSA) is 58.2 Å². The van der Waals surface area contributed by atoms with Crippen LogP contribution >= 0.6 is 0 Å². The van der Waals surface area contributed by atoms with Crippen LogP contribution in [0.2, 0.25) is 0 Å². The maximum absolute atomic E-state index is 13.1. The normalized spacial score (nSPS) is 15.7. The Bertz CT molecular complexity index is 1040. The van der Waals surface area contributed by atoms with Crippen LogP contribution in [0.3, 0.4) is 0 Å². The minimum Gasteiger partial charge on any atom is -0.465 e. The molecule has 0 atom stereocenters. The van der Waals surface area contributed by atoms with Crippen LogP contribution < -0.4 is 0 Å². The number of benzene rings is 2. The first kappa shape index (κ1) is 16.7. The van der Waals surface area contributed by atoms with E-state index in [1.54, 1.807) is 30.3 Å². The number of hydrogen-bond donors (Lipinski definition) is 0. The number of carbonyl (C=O) groups is 1. The first-order valence-electron chi connectivity index (χ1n) is 8.24. The van der Waals surface area contributed by atoms with Crippen LogP contribution in [-0.2, 0) is 4.79 Å². The Kier molecular flexibility index (Phi) is 4.45. The summed E-state index contributed by atoms with van der Waals surface area (Å²) in [5.41, 5.74) is 1.64. The summed E-state index contributed by atoms with van der Waals surface area (Å²) in [5.74, 6) is 0.235. The SMILES string of the molecule is O=C1C(=Cc2ccco2)N=C(c2ccccc2)N1N=Cc1ccc(F)cc1. The first-order valence-corrected chi connectivity index (χ1v) is 8.24. The Balaban J connectivity index is 1.71. The van der Waals surface area contributed by atoms with Gasteiger partial charge in [0.25, 0.3) is 5.91 Å². The molecule has 1 aliphatic rings. The van der Waals surface area contributed by atoms with E-state index in [0.717, 1.165) is 5.56 Å². The van der Waals surface area contributed by atoms with Crippen molar-refractivity contribution >= 4 is 24.0 Å². The molecule has 0 saturated heterocycles. The van der Waals surface area contributed by atoms with Gasteiger partial charge in [0.1, 0.15) is 17.3 Å². The third kappa shape index (κ3) is 3.59. The first-order chi connectivity index (χ1) is 13.2. The van der Waals surface area contributed by atoms with Crippen molar-refractivity contribution in [3.8, 4) is 0 Å². The fourth-order valence-corrected chi connectivity index (χ4v) is 2.57. The molecular weight excluding hydrogens is 345 g/mol. The zero-order chi connectivity index (χ0) is 18.6. The van der Waals surface area contributed by atoms with Crippen molar-refractivity contribution in [3.63, 3.8) is 0 Å². The molecular formula is C21H14FN3O2. The number of rotatable bonds is 4. The van der Waals surface area contributed by atoms with E-state index in [1.807, 2.05) is 30.3 Å². The highest BCUT2D eigenvalue weighted by Crippen LogP contribution is 2.22. The number of amides is 1. The predicted octanol–water partition coefficient (Wildman–Crippen LogP) is 4.08. The van der Waals surface area contributed by atoms with E-state index >= 15 is 0 Å². The summed E-state index contributed by atoms with van der Waals surface area (Å²) >= 11 is 0. The number of furan rings is 1. The second kappa shape index (κ2) is 7.21. The monoisotopic (exact) mass is 359 g/mol. The summed E-state index contributed by atoms with van der Waals surface area (Å²) in [6, 6.07) is 18.6. The molecule has 2 heterocycles. The molecule has 6 heteroatoms. The molecule has 0 bridgehead atoms. The fraction of sp³-hybridized carbons (Fsp3) is 0. The fourth-order valence-electron chi connectivity index (χ4n) is 2.57. The molecule has 0 fully saturated rings. The van der Waals surface area contributed by atoms with Crippen LogP contribution in [0.25, 0.3) is 6.08 Å². The molecule has 0 spiro atoms. The van der Waals surface area contributed by atoms with Gasteiger partial charge in [0.05, 0.1) is 12.5 Å². The Morgan fingerprint density at radius 3 is 2.48 bits per heavy atom. The smallest absolute Gasteiger partial charge is 0.298 e. The van der Waals surface area contributed by atoms with Crippen molar-refractivity contribution in [2.45, 2.75) is 0 Å². The Labute approximate surface area is 154 Å². The molecule has 27 heavy (non-hydrogen) atoms. The van der Waals surface area contributed by atoms with Gasteiger partial charge in [-0.05, 0) is 29.8 Å². The van der Waals surface area contributed by atoms with Gasteiger partial charge in [0, 0.05) is 11.6 Å². The third-order valence-electron chi connectivity index (χ3n) is 3.88. The van der Waals surface area contributed by atoms with Gasteiger partial charge in [-0.25, -0.2) is 9.38 Å². The number of aliphatic imine (C=N–C) groups is 1. The van der Waals surface area contributed by atoms with Crippen molar-refractivity contribution in [1.82, 2.24) is 5.01 Å². The largest absolute Gasteiger partial charge is 0.465 e. The summed E-state index contributed by atoms with van der Waals surface area (Å²) in [6.45, 7) is 0. The summed E-state index contributed by atoms with van der Waals surface area (Å²) in [6.07, 6.45) is 4.59. The van der Waals surface area contributed by atoms with Gasteiger partial charge < -0.3 is 4.42 Å². The zero-order valence-corrected chi connectivity index (χ0v) is 14.1. The van der Waals surface area contributed by atoms with Crippen LogP contribution in [0.1, 0.15) is 16.9 Å². The number of nitrogens with zero attached hydrogens (tertiary/aromatic N) is 3. The molecule has 1 aliphatic heterocycles. The van der Waals surface area contributed by atoms with Gasteiger partial charge in [-0.1, -0.05) is 42.5 Å². The second-order valence-electron chi connectivity index (χ2n) is 5.76. The van der Waals surface area contributed by atoms with Crippen LogP contribution in [0.4, 0.5) is 4.39 Å². The van der Waals surface area contributed by atoms with E-state index in [4.69, 9.17) is 4.42 Å². The summed E-state index contributed by atoms with van der Waals surface area (Å²) in [7, 11) is 0. The van der Waals surface area contributed by atoms with Gasteiger partial charge in [-0.3, -0.25) is 4.79 Å². The molecule has 0 N–H and O–H groups in total. The highest BCUT2D eigenvalue weighted by Gasteiger charge is 2.31. The summed E-state index contributed by atoms with van der Waals surface area (Å²) < 4.78 is 18.3. The standard InChI is InChI=1S/C21H14FN3O2/c22-17-10-8-15(9-11-17)14-23-25-20(16-5-2-1-3-6-16)24-19(21(25)26)13-18-7-4-12-27-18/h1-14H. The van der Waals surface area contributed by atoms with Gasteiger partial charge in [0.2, 0.25) is 0 Å². The Hall–Kier alpha value is -3.80. The molecule has 0 unspecified atom stereocenters. The lowest BCUT2D eigenvalue weighted by Crippen LogP contribution is -2.27. The van der Waals surface area contributed by atoms with Crippen molar-refractivity contribution in [2.75, 3.05) is 0 Å². The van der Waals surface area contributed by atoms with Crippen LogP contribution in [-0.4, -0.2) is 23.0 Å². The summed E-state index contributed by atoms with van der Waals surface area (Å²) in [4.78, 5) is 17.3. The average molecular weight is 359 g/mol. The van der Waals surface area contributed by atoms with Gasteiger partial charge in [-0.15, -0.1) is 0 Å². The molecule has 1 amide bonds. The molecule has 132 valence electrons. The molecule has 0 radical (unpaired) electrons. The Morgan fingerprint density at radius 1 is 1.00 bits per heavy atom. The molecule has 3 aromatic rings. The maximum Gasteiger partial charge on any atom is 0.298 e. The van der Waals surface area contributed by atoms with E-state index in [9.17, 15) is 9.18 Å². The quantitative estimate of drug-likeness (QED) is 0.520. The highest BCUT2D eigenvalue weighted by molar-refractivity contribution is 6.19. The van der Waals surface area contributed by atoms with E-state index in [2.05, 4.69) is 10.1 Å². The van der Waals surface area contributed by atoms with Crippen LogP contribution in [0, 0.1) is 5.82 Å². The molecule has 5 nitrogen and oxygen atoms in total. The van der Waals surface area contributed by atoms with E-state index in [1.165, 1.54) is 29.6 Å². The number of amidine groups is 1. The Morgan fingerprint density at radius 2 is 1.78 bits per heavy atom. The third-order valence-corrected chi connectivity index (χ3v) is 3.88. The lowest BCUT2D eigenvalue weighted by molar-refractivity contribution is -0.122. The van der Waals surface area contributed by atoms with E-state index < -0.39 is 0 Å². The van der Waals surface area contributed by atoms with Crippen LogP contribution in [0.15, 0.2) is 93.2 Å². The van der Waals surface area contributed by atoms with Gasteiger partial charge in [-0.2, -0.15) is 10.1 Å². The molecule has 2 aromatic carbocycles. The average Bonchev–Trinajstić information content (AvgIpc) is 3.31. The lowest BCUT2D eigenvalue weighted by atomic mass is 10.2. The second-order valence-corrected chi connectivity index (χ2v) is 5.76. The van der Waals surface area contributed by atoms with Crippen molar-refractivity contribution in [1.29, 1.82) is 0 Å². The molecule has 1 aromatic heterocycles. The minimum absolute atomic E-state index is 0.222. The highest BCUT2D eigenvalue weighted by atomic mass is 19.1. The van der Waals surface area contributed by atoms with E-state index in [0.29, 0.717) is 17.2 Å². The minimum atomic E-state index is -0.372. The maximum atomic E-state index is 13.1. The lowest BCUT2D eigenvalue weighted by Gasteiger charge is -2.11. The molecule has 0 aliphatic carbocycles. The number of carbonyl (C=O) groups excluding carboxylic acids is 1. The van der Waals surface area contributed by atoms with Crippen molar-refractivity contribution < 1.29 is 13.6 Å². The van der Waals surface area contributed by atoms with Gasteiger partial charge in [0.15, 0.2) is 5.84 Å². The number of halogens is 1. The van der Waals surface area contributed by atoms with Crippen molar-refractivity contribution in [2.24, 2.45) is 10.1 Å². The summed E-state index contributed by atoms with van der Waals surface area (Å²) in [5, 5.41) is 5.51. The predicted molar refractivity (Wildman–Crippen MR) is 101 cm³/mol. The zero-order valence-electron chi connectivity index (χ0n) is 14.1. The van der Waals surface area contributed by atoms with Crippen LogP contribution in [0.5, 0.6) is 0 Å². The number of hydrogen-bond acceptors (Lipinski definition) is 4. The molecule has 4 rings (SSSR count). The van der Waals surface area contributed by atoms with Gasteiger partial charge >= 0.3 is 0 Å². The van der Waals surface area contributed by atoms with Crippen molar-refractivity contribution in [3.05, 3.63) is 101 Å².